The van der Waals surface area contributed by atoms with E-state index in [0.29, 0.717) is 12.0 Å². The normalized spacial score (nSPS) is 25.2. The van der Waals surface area contributed by atoms with E-state index in [1.54, 1.807) is 0 Å². The van der Waals surface area contributed by atoms with Gasteiger partial charge in [-0.1, -0.05) is 0 Å². The molecule has 2 rings (SSSR count). The lowest BCUT2D eigenvalue weighted by Crippen LogP contribution is -2.26. The van der Waals surface area contributed by atoms with Crippen molar-refractivity contribution in [1.82, 2.24) is 15.1 Å². The fourth-order valence-corrected chi connectivity index (χ4v) is 2.15. The summed E-state index contributed by atoms with van der Waals surface area (Å²) in [4.78, 5) is 0. The highest BCUT2D eigenvalue weighted by atomic mass is 16.5. The third-order valence-electron chi connectivity index (χ3n) is 3.59. The SMILES string of the molecule is Cc1c(CNCC2CCOC2C)cnn1C. The molecule has 16 heavy (non-hydrogen) atoms. The van der Waals surface area contributed by atoms with E-state index in [1.807, 2.05) is 17.9 Å². The standard InChI is InChI=1S/C12H21N3O/c1-9-12(8-14-15(9)3)7-13-6-11-4-5-16-10(11)2/h8,10-11,13H,4-7H2,1-3H3. The minimum Gasteiger partial charge on any atom is -0.378 e. The summed E-state index contributed by atoms with van der Waals surface area (Å²) in [6.45, 7) is 7.12. The Kier molecular flexibility index (Phi) is 3.61. The average Bonchev–Trinajstić information content (AvgIpc) is 2.80. The number of ether oxygens (including phenoxy) is 1. The van der Waals surface area contributed by atoms with Gasteiger partial charge in [-0.25, -0.2) is 0 Å². The molecule has 0 spiro atoms. The number of nitrogens with one attached hydrogen (secondary N) is 1. The first-order valence-electron chi connectivity index (χ1n) is 5.98. The molecule has 1 aromatic heterocycles. The Hall–Kier alpha value is -0.870. The molecule has 0 saturated carbocycles. The molecule has 1 aliphatic heterocycles. The van der Waals surface area contributed by atoms with E-state index in [0.717, 1.165) is 19.7 Å². The van der Waals surface area contributed by atoms with Crippen LogP contribution < -0.4 is 5.32 Å². The van der Waals surface area contributed by atoms with Crippen molar-refractivity contribution < 1.29 is 4.74 Å². The maximum Gasteiger partial charge on any atom is 0.0588 e. The van der Waals surface area contributed by atoms with E-state index in [9.17, 15) is 0 Å². The lowest BCUT2D eigenvalue weighted by atomic mass is 10.0. The van der Waals surface area contributed by atoms with E-state index in [1.165, 1.54) is 17.7 Å². The number of rotatable bonds is 4. The Morgan fingerprint density at radius 2 is 2.44 bits per heavy atom. The Balaban J connectivity index is 1.77. The first-order chi connectivity index (χ1) is 7.68. The second kappa shape index (κ2) is 4.97. The topological polar surface area (TPSA) is 39.1 Å². The van der Waals surface area contributed by atoms with Crippen molar-refractivity contribution in [3.63, 3.8) is 0 Å². The molecule has 1 saturated heterocycles. The molecule has 2 atom stereocenters. The maximum atomic E-state index is 5.54. The smallest absolute Gasteiger partial charge is 0.0588 e. The van der Waals surface area contributed by atoms with Gasteiger partial charge in [0.15, 0.2) is 0 Å². The molecule has 4 heteroatoms. The Morgan fingerprint density at radius 1 is 1.62 bits per heavy atom. The molecular formula is C12H21N3O. The summed E-state index contributed by atoms with van der Waals surface area (Å²) in [6, 6.07) is 0. The zero-order chi connectivity index (χ0) is 11.5. The predicted octanol–water partition coefficient (Wildman–Crippen LogP) is 1.24. The molecule has 0 bridgehead atoms. The number of aryl methyl sites for hydroxylation is 1. The van der Waals surface area contributed by atoms with Crippen LogP contribution >= 0.6 is 0 Å². The summed E-state index contributed by atoms with van der Waals surface area (Å²) in [7, 11) is 1.98. The molecule has 0 amide bonds. The molecule has 0 radical (unpaired) electrons. The van der Waals surface area contributed by atoms with E-state index in [-0.39, 0.29) is 0 Å². The highest BCUT2D eigenvalue weighted by Gasteiger charge is 2.23. The van der Waals surface area contributed by atoms with Crippen LogP contribution in [-0.2, 0) is 18.3 Å². The van der Waals surface area contributed by atoms with Crippen LogP contribution in [0.3, 0.4) is 0 Å². The van der Waals surface area contributed by atoms with Crippen LogP contribution in [0.2, 0.25) is 0 Å². The van der Waals surface area contributed by atoms with Gasteiger partial charge >= 0.3 is 0 Å². The zero-order valence-electron chi connectivity index (χ0n) is 10.4. The predicted molar refractivity (Wildman–Crippen MR) is 63.2 cm³/mol. The second-order valence-corrected chi connectivity index (χ2v) is 4.63. The van der Waals surface area contributed by atoms with Crippen molar-refractivity contribution in [3.8, 4) is 0 Å². The van der Waals surface area contributed by atoms with Crippen molar-refractivity contribution in [1.29, 1.82) is 0 Å². The maximum absolute atomic E-state index is 5.54. The molecular weight excluding hydrogens is 202 g/mol. The third kappa shape index (κ3) is 2.44. The van der Waals surface area contributed by atoms with Crippen LogP contribution in [0.5, 0.6) is 0 Å². The summed E-state index contributed by atoms with van der Waals surface area (Å²) >= 11 is 0. The Morgan fingerprint density at radius 3 is 3.00 bits per heavy atom. The monoisotopic (exact) mass is 223 g/mol. The highest BCUT2D eigenvalue weighted by molar-refractivity contribution is 5.15. The van der Waals surface area contributed by atoms with E-state index in [2.05, 4.69) is 24.3 Å². The van der Waals surface area contributed by atoms with Crippen LogP contribution in [-0.4, -0.2) is 29.0 Å². The van der Waals surface area contributed by atoms with Gasteiger partial charge in [-0.15, -0.1) is 0 Å². The first-order valence-corrected chi connectivity index (χ1v) is 5.98. The molecule has 2 unspecified atom stereocenters. The van der Waals surface area contributed by atoms with E-state index < -0.39 is 0 Å². The van der Waals surface area contributed by atoms with Crippen LogP contribution in [0.15, 0.2) is 6.20 Å². The molecule has 4 nitrogen and oxygen atoms in total. The summed E-state index contributed by atoms with van der Waals surface area (Å²) < 4.78 is 7.45. The molecule has 2 heterocycles. The van der Waals surface area contributed by atoms with E-state index >= 15 is 0 Å². The second-order valence-electron chi connectivity index (χ2n) is 4.63. The molecule has 1 fully saturated rings. The minimum absolute atomic E-state index is 0.405. The molecule has 90 valence electrons. The summed E-state index contributed by atoms with van der Waals surface area (Å²) in [5, 5.41) is 7.73. The van der Waals surface area contributed by atoms with Crippen LogP contribution in [0.4, 0.5) is 0 Å². The van der Waals surface area contributed by atoms with Crippen molar-refractivity contribution in [3.05, 3.63) is 17.5 Å². The molecule has 1 aromatic rings. The third-order valence-corrected chi connectivity index (χ3v) is 3.59. The number of hydrogen-bond donors (Lipinski definition) is 1. The zero-order valence-corrected chi connectivity index (χ0v) is 10.4. The fourth-order valence-electron chi connectivity index (χ4n) is 2.15. The quantitative estimate of drug-likeness (QED) is 0.835. The molecule has 0 aromatic carbocycles. The van der Waals surface area contributed by atoms with Gasteiger partial charge in [-0.05, 0) is 26.2 Å². The summed E-state index contributed by atoms with van der Waals surface area (Å²) in [5.74, 6) is 0.664. The number of nitrogens with zero attached hydrogens (tertiary/aromatic N) is 2. The largest absolute Gasteiger partial charge is 0.378 e. The number of hydrogen-bond acceptors (Lipinski definition) is 3. The van der Waals surface area contributed by atoms with Crippen molar-refractivity contribution in [2.75, 3.05) is 13.2 Å². The van der Waals surface area contributed by atoms with Crippen molar-refractivity contribution >= 4 is 0 Å². The lowest BCUT2D eigenvalue weighted by molar-refractivity contribution is 0.105. The molecule has 1 N–H and O–H groups in total. The van der Waals surface area contributed by atoms with Gasteiger partial charge in [0, 0.05) is 38.0 Å². The summed E-state index contributed by atoms with van der Waals surface area (Å²) in [5.41, 5.74) is 2.53. The molecule has 1 aliphatic rings. The van der Waals surface area contributed by atoms with Crippen molar-refractivity contribution in [2.24, 2.45) is 13.0 Å². The lowest BCUT2D eigenvalue weighted by Gasteiger charge is -2.14. The summed E-state index contributed by atoms with van der Waals surface area (Å²) in [6.07, 6.45) is 3.53. The van der Waals surface area contributed by atoms with Gasteiger partial charge in [0.2, 0.25) is 0 Å². The highest BCUT2D eigenvalue weighted by Crippen LogP contribution is 2.19. The number of aromatic nitrogens is 2. The fraction of sp³-hybridized carbons (Fsp3) is 0.750. The van der Waals surface area contributed by atoms with Gasteiger partial charge in [0.1, 0.15) is 0 Å². The average molecular weight is 223 g/mol. The molecule has 0 aliphatic carbocycles. The Labute approximate surface area is 97.0 Å². The van der Waals surface area contributed by atoms with Gasteiger partial charge < -0.3 is 10.1 Å². The van der Waals surface area contributed by atoms with E-state index in [4.69, 9.17) is 4.74 Å². The van der Waals surface area contributed by atoms with Crippen LogP contribution in [0.25, 0.3) is 0 Å². The van der Waals surface area contributed by atoms with Gasteiger partial charge in [-0.2, -0.15) is 5.10 Å². The minimum atomic E-state index is 0.405. The van der Waals surface area contributed by atoms with Gasteiger partial charge in [0.25, 0.3) is 0 Å². The van der Waals surface area contributed by atoms with Crippen LogP contribution in [0, 0.1) is 12.8 Å². The van der Waals surface area contributed by atoms with Gasteiger partial charge in [-0.3, -0.25) is 4.68 Å². The van der Waals surface area contributed by atoms with Crippen molar-refractivity contribution in [2.45, 2.75) is 32.9 Å². The first kappa shape index (κ1) is 11.6. The Bertz CT molecular complexity index is 348. The van der Waals surface area contributed by atoms with Crippen LogP contribution in [0.1, 0.15) is 24.6 Å². The van der Waals surface area contributed by atoms with Gasteiger partial charge in [0.05, 0.1) is 12.3 Å².